The third-order valence-electron chi connectivity index (χ3n) is 6.43. The molecule has 1 amide bonds. The predicted molar refractivity (Wildman–Crippen MR) is 127 cm³/mol. The molecule has 1 saturated heterocycles. The van der Waals surface area contributed by atoms with Crippen LogP contribution in [-0.2, 0) is 4.79 Å². The van der Waals surface area contributed by atoms with Crippen LogP contribution in [0.3, 0.4) is 0 Å². The maximum absolute atomic E-state index is 13.5. The van der Waals surface area contributed by atoms with E-state index in [1.54, 1.807) is 19.2 Å². The van der Waals surface area contributed by atoms with Gasteiger partial charge in [-0.25, -0.2) is 5.01 Å². The number of ether oxygens (including phenoxy) is 2. The van der Waals surface area contributed by atoms with E-state index in [2.05, 4.69) is 11.8 Å². The molecular formula is C25H30ClN3O3. The molecule has 0 radical (unpaired) electrons. The van der Waals surface area contributed by atoms with E-state index in [1.165, 1.54) is 6.42 Å². The van der Waals surface area contributed by atoms with E-state index in [0.717, 1.165) is 36.2 Å². The third kappa shape index (κ3) is 4.62. The fourth-order valence-corrected chi connectivity index (χ4v) is 4.82. The van der Waals surface area contributed by atoms with Crippen LogP contribution in [0.2, 0.25) is 5.02 Å². The van der Waals surface area contributed by atoms with E-state index in [-0.39, 0.29) is 11.9 Å². The smallest absolute Gasteiger partial charge is 0.257 e. The molecule has 0 bridgehead atoms. The third-order valence-corrected chi connectivity index (χ3v) is 6.76. The number of benzene rings is 2. The van der Waals surface area contributed by atoms with Crippen LogP contribution in [0, 0.1) is 0 Å². The molecule has 2 aliphatic rings. The lowest BCUT2D eigenvalue weighted by Gasteiger charge is -2.34. The van der Waals surface area contributed by atoms with Crippen LogP contribution in [0.5, 0.6) is 11.5 Å². The van der Waals surface area contributed by atoms with Crippen molar-refractivity contribution >= 4 is 23.2 Å². The highest BCUT2D eigenvalue weighted by atomic mass is 35.5. The van der Waals surface area contributed by atoms with Crippen molar-refractivity contribution in [3.8, 4) is 11.5 Å². The van der Waals surface area contributed by atoms with Crippen LogP contribution in [0.1, 0.15) is 49.8 Å². The van der Waals surface area contributed by atoms with Gasteiger partial charge < -0.3 is 9.47 Å². The molecule has 2 aromatic rings. The van der Waals surface area contributed by atoms with Crippen molar-refractivity contribution in [2.75, 3.05) is 27.3 Å². The molecule has 170 valence electrons. The van der Waals surface area contributed by atoms with Crippen molar-refractivity contribution in [1.29, 1.82) is 0 Å². The van der Waals surface area contributed by atoms with Gasteiger partial charge in [0.15, 0.2) is 0 Å². The Bertz CT molecular complexity index is 1010. The number of carbonyl (C=O) groups is 1. The number of halogens is 1. The fourth-order valence-electron chi connectivity index (χ4n) is 4.57. The van der Waals surface area contributed by atoms with Gasteiger partial charge in [-0.3, -0.25) is 9.69 Å². The first-order chi connectivity index (χ1) is 15.5. The largest absolute Gasteiger partial charge is 0.497 e. The molecule has 4 rings (SSSR count). The van der Waals surface area contributed by atoms with Crippen LogP contribution < -0.4 is 9.47 Å². The van der Waals surface area contributed by atoms with Gasteiger partial charge in [0.25, 0.3) is 5.91 Å². The highest BCUT2D eigenvalue weighted by molar-refractivity contribution is 6.34. The Hall–Kier alpha value is -2.57. The molecule has 6 nitrogen and oxygen atoms in total. The minimum Gasteiger partial charge on any atom is -0.497 e. The standard InChI is InChI=1S/C25H30ClN3O3/c1-17-8-6-7-13-28(17)16-25(30)29-23(20-12-11-18(31-2)14-24(20)32-3)15-22(27-29)19-9-4-5-10-21(19)26/h4-5,9-12,14,17,23H,6-8,13,15-16H2,1-3H3/t17-,23-/m1/s1. The quantitative estimate of drug-likeness (QED) is 0.621. The van der Waals surface area contributed by atoms with Gasteiger partial charge in [-0.1, -0.05) is 36.2 Å². The summed E-state index contributed by atoms with van der Waals surface area (Å²) >= 11 is 6.46. The van der Waals surface area contributed by atoms with Crippen molar-refractivity contribution in [2.24, 2.45) is 5.10 Å². The minimum absolute atomic E-state index is 0.0105. The lowest BCUT2D eigenvalue weighted by molar-refractivity contribution is -0.135. The molecule has 2 aromatic carbocycles. The topological polar surface area (TPSA) is 54.4 Å². The monoisotopic (exact) mass is 455 g/mol. The van der Waals surface area contributed by atoms with Gasteiger partial charge in [0, 0.05) is 34.7 Å². The zero-order valence-corrected chi connectivity index (χ0v) is 19.6. The summed E-state index contributed by atoms with van der Waals surface area (Å²) in [5.41, 5.74) is 2.56. The second-order valence-corrected chi connectivity index (χ2v) is 8.82. The SMILES string of the molecule is COc1ccc([C@H]2CC(c3ccccc3Cl)=NN2C(=O)CN2CCCC[C@H]2C)c(OC)c1. The van der Waals surface area contributed by atoms with E-state index in [0.29, 0.717) is 35.5 Å². The molecule has 1 fully saturated rings. The number of hydrazone groups is 1. The molecule has 2 heterocycles. The lowest BCUT2D eigenvalue weighted by Crippen LogP contribution is -2.44. The lowest BCUT2D eigenvalue weighted by atomic mass is 9.97. The summed E-state index contributed by atoms with van der Waals surface area (Å²) in [5.74, 6) is 1.37. The van der Waals surface area contributed by atoms with Crippen LogP contribution in [-0.4, -0.2) is 54.9 Å². The Morgan fingerprint density at radius 1 is 1.16 bits per heavy atom. The molecule has 2 atom stereocenters. The molecule has 0 unspecified atom stereocenters. The highest BCUT2D eigenvalue weighted by Crippen LogP contribution is 2.40. The van der Waals surface area contributed by atoms with Gasteiger partial charge in [-0.05, 0) is 44.5 Å². The summed E-state index contributed by atoms with van der Waals surface area (Å²) in [6.45, 7) is 3.49. The van der Waals surface area contributed by atoms with Gasteiger partial charge in [-0.15, -0.1) is 0 Å². The summed E-state index contributed by atoms with van der Waals surface area (Å²) < 4.78 is 11.0. The van der Waals surface area contributed by atoms with Crippen LogP contribution in [0.25, 0.3) is 0 Å². The Morgan fingerprint density at radius 3 is 2.69 bits per heavy atom. The Labute approximate surface area is 194 Å². The summed E-state index contributed by atoms with van der Waals surface area (Å²) in [5, 5.41) is 7.05. The molecule has 0 spiro atoms. The summed E-state index contributed by atoms with van der Waals surface area (Å²) in [6, 6.07) is 13.5. The van der Waals surface area contributed by atoms with Crippen LogP contribution in [0.4, 0.5) is 0 Å². The van der Waals surface area contributed by atoms with Crippen molar-refractivity contribution in [3.63, 3.8) is 0 Å². The molecule has 32 heavy (non-hydrogen) atoms. The zero-order chi connectivity index (χ0) is 22.7. The maximum atomic E-state index is 13.5. The number of rotatable bonds is 6. The molecule has 0 aromatic heterocycles. The van der Waals surface area contributed by atoms with Crippen molar-refractivity contribution < 1.29 is 14.3 Å². The summed E-state index contributed by atoms with van der Waals surface area (Å²) in [4.78, 5) is 15.8. The second-order valence-electron chi connectivity index (χ2n) is 8.41. The summed E-state index contributed by atoms with van der Waals surface area (Å²) in [6.07, 6.45) is 4.03. The maximum Gasteiger partial charge on any atom is 0.257 e. The van der Waals surface area contributed by atoms with Crippen molar-refractivity contribution in [3.05, 3.63) is 58.6 Å². The molecule has 0 aliphatic carbocycles. The van der Waals surface area contributed by atoms with Gasteiger partial charge in [-0.2, -0.15) is 5.10 Å². The van der Waals surface area contributed by atoms with Gasteiger partial charge in [0.2, 0.25) is 0 Å². The van der Waals surface area contributed by atoms with Gasteiger partial charge in [0.1, 0.15) is 11.5 Å². The first-order valence-corrected chi connectivity index (χ1v) is 11.5. The second kappa shape index (κ2) is 9.92. The fraction of sp³-hybridized carbons (Fsp3) is 0.440. The number of hydrogen-bond donors (Lipinski definition) is 0. The zero-order valence-electron chi connectivity index (χ0n) is 18.9. The Morgan fingerprint density at radius 2 is 1.97 bits per heavy atom. The van der Waals surface area contributed by atoms with Crippen molar-refractivity contribution in [1.82, 2.24) is 9.91 Å². The van der Waals surface area contributed by atoms with Crippen LogP contribution >= 0.6 is 11.6 Å². The Kier molecular flexibility index (Phi) is 7.01. The van der Waals surface area contributed by atoms with Gasteiger partial charge in [0.05, 0.1) is 32.5 Å². The number of carbonyl (C=O) groups excluding carboxylic acids is 1. The average molecular weight is 456 g/mol. The van der Waals surface area contributed by atoms with E-state index >= 15 is 0 Å². The first-order valence-electron chi connectivity index (χ1n) is 11.1. The van der Waals surface area contributed by atoms with Crippen molar-refractivity contribution in [2.45, 2.75) is 44.7 Å². The number of nitrogens with zero attached hydrogens (tertiary/aromatic N) is 3. The molecule has 2 aliphatic heterocycles. The number of likely N-dealkylation sites (tertiary alicyclic amines) is 1. The van der Waals surface area contributed by atoms with E-state index < -0.39 is 0 Å². The number of piperidine rings is 1. The number of methoxy groups -OCH3 is 2. The highest BCUT2D eigenvalue weighted by Gasteiger charge is 2.36. The molecular weight excluding hydrogens is 426 g/mol. The average Bonchev–Trinajstić information content (AvgIpc) is 3.25. The number of hydrogen-bond acceptors (Lipinski definition) is 5. The minimum atomic E-state index is -0.269. The normalized spacial score (nSPS) is 21.4. The number of amides is 1. The van der Waals surface area contributed by atoms with E-state index in [1.807, 2.05) is 42.5 Å². The van der Waals surface area contributed by atoms with Crippen LogP contribution in [0.15, 0.2) is 47.6 Å². The van der Waals surface area contributed by atoms with E-state index in [9.17, 15) is 4.79 Å². The predicted octanol–water partition coefficient (Wildman–Crippen LogP) is 4.91. The van der Waals surface area contributed by atoms with Gasteiger partial charge >= 0.3 is 0 Å². The molecule has 0 saturated carbocycles. The summed E-state index contributed by atoms with van der Waals surface area (Å²) in [7, 11) is 3.25. The van der Waals surface area contributed by atoms with E-state index in [4.69, 9.17) is 26.2 Å². The molecule has 7 heteroatoms. The molecule has 0 N–H and O–H groups in total. The first kappa shape index (κ1) is 22.6. The Balaban J connectivity index is 1.68.